The van der Waals surface area contributed by atoms with Gasteiger partial charge in [0, 0.05) is 18.5 Å². The highest BCUT2D eigenvalue weighted by Gasteiger charge is 2.38. The first-order valence-corrected chi connectivity index (χ1v) is 10.9. The van der Waals surface area contributed by atoms with E-state index in [0.717, 1.165) is 37.6 Å². The van der Waals surface area contributed by atoms with E-state index >= 15 is 0 Å². The van der Waals surface area contributed by atoms with Crippen LogP contribution in [0, 0.1) is 0 Å². The summed E-state index contributed by atoms with van der Waals surface area (Å²) in [6.07, 6.45) is 3.16. The summed E-state index contributed by atoms with van der Waals surface area (Å²) in [5.74, 6) is -0.472. The van der Waals surface area contributed by atoms with E-state index < -0.39 is 28.1 Å². The zero-order valence-electron chi connectivity index (χ0n) is 15.2. The van der Waals surface area contributed by atoms with E-state index in [1.54, 1.807) is 0 Å². The topological polar surface area (TPSA) is 91.4 Å². The minimum Gasteiger partial charge on any atom is -0.441 e. The van der Waals surface area contributed by atoms with Crippen LogP contribution in [-0.4, -0.2) is 59.0 Å². The molecule has 4 rings (SSSR count). The third-order valence-corrected chi connectivity index (χ3v) is 5.77. The minimum atomic E-state index is -3.57. The number of hydrogen-bond acceptors (Lipinski definition) is 7. The number of benzene rings is 1. The average Bonchev–Trinajstić information content (AvgIpc) is 3.18. The molecule has 148 valence electrons. The molecule has 1 aromatic carbocycles. The normalized spacial score (nSPS) is 24.7. The van der Waals surface area contributed by atoms with Crippen LogP contribution in [0.1, 0.15) is 24.0 Å². The lowest BCUT2D eigenvalue weighted by molar-refractivity contribution is -0.164. The summed E-state index contributed by atoms with van der Waals surface area (Å²) in [6.45, 7) is 1.35. The predicted octanol–water partition coefficient (Wildman–Crippen LogP) is 1.61. The fourth-order valence-corrected chi connectivity index (χ4v) is 4.24. The molecule has 27 heavy (non-hydrogen) atoms. The van der Waals surface area contributed by atoms with Crippen LogP contribution in [-0.2, 0) is 41.4 Å². The van der Waals surface area contributed by atoms with Gasteiger partial charge in [0.1, 0.15) is 12.7 Å². The third-order valence-electron chi connectivity index (χ3n) is 5.21. The fourth-order valence-electron chi connectivity index (χ4n) is 3.84. The lowest BCUT2D eigenvalue weighted by atomic mass is 10.0. The second-order valence-corrected chi connectivity index (χ2v) is 8.81. The molecule has 2 fully saturated rings. The Bertz CT molecular complexity index is 832. The lowest BCUT2D eigenvalue weighted by Gasteiger charge is -2.25. The van der Waals surface area contributed by atoms with E-state index in [2.05, 4.69) is 0 Å². The molecule has 2 heterocycles. The summed E-state index contributed by atoms with van der Waals surface area (Å²) in [5, 5.41) is 0. The van der Waals surface area contributed by atoms with Gasteiger partial charge in [0.15, 0.2) is 5.79 Å². The van der Waals surface area contributed by atoms with Gasteiger partial charge in [-0.15, -0.1) is 0 Å². The number of carbonyl (C=O) groups is 1. The molecule has 1 aliphatic carbocycles. The Morgan fingerprint density at radius 1 is 1.19 bits per heavy atom. The maximum Gasteiger partial charge on any atom is 0.414 e. The van der Waals surface area contributed by atoms with Gasteiger partial charge in [0.25, 0.3) is 10.1 Å². The molecule has 0 unspecified atom stereocenters. The number of anilines is 1. The number of carbonyl (C=O) groups excluding carboxylic acids is 1. The minimum absolute atomic E-state index is 0.177. The van der Waals surface area contributed by atoms with Crippen molar-refractivity contribution in [2.45, 2.75) is 37.6 Å². The molecule has 1 spiro atoms. The first kappa shape index (κ1) is 18.7. The van der Waals surface area contributed by atoms with Gasteiger partial charge < -0.3 is 14.2 Å². The molecule has 2 aliphatic heterocycles. The first-order chi connectivity index (χ1) is 12.8. The fraction of sp³-hybridized carbons (Fsp3) is 0.611. The van der Waals surface area contributed by atoms with Crippen molar-refractivity contribution < 1.29 is 31.6 Å². The van der Waals surface area contributed by atoms with Gasteiger partial charge in [0.2, 0.25) is 0 Å². The van der Waals surface area contributed by atoms with Gasteiger partial charge in [-0.05, 0) is 36.1 Å². The van der Waals surface area contributed by atoms with Crippen molar-refractivity contribution >= 4 is 21.9 Å². The van der Waals surface area contributed by atoms with E-state index in [-0.39, 0.29) is 13.2 Å². The van der Waals surface area contributed by atoms with Gasteiger partial charge in [-0.1, -0.05) is 6.07 Å². The molecule has 8 nitrogen and oxygen atoms in total. The Balaban J connectivity index is 1.46. The molecule has 0 N–H and O–H groups in total. The number of hydrogen-bond donors (Lipinski definition) is 0. The van der Waals surface area contributed by atoms with Crippen molar-refractivity contribution in [2.24, 2.45) is 0 Å². The molecular formula is C18H23NO7S. The molecule has 1 atom stereocenters. The number of nitrogens with zero attached hydrogens (tertiary/aromatic N) is 1. The molecule has 0 radical (unpaired) electrons. The summed E-state index contributed by atoms with van der Waals surface area (Å²) < 4.78 is 43.9. The summed E-state index contributed by atoms with van der Waals surface area (Å²) in [7, 11) is -3.57. The van der Waals surface area contributed by atoms with Crippen LogP contribution in [0.3, 0.4) is 0 Å². The SMILES string of the molecule is CS(=O)(=O)OC[C@H]1CN(c2ccc3c(c2)CCC2(CC3)OCCO2)C(=O)O1. The van der Waals surface area contributed by atoms with E-state index in [4.69, 9.17) is 18.4 Å². The van der Waals surface area contributed by atoms with Gasteiger partial charge >= 0.3 is 6.09 Å². The number of fused-ring (bicyclic) bond motifs is 1. The molecule has 3 aliphatic rings. The van der Waals surface area contributed by atoms with Gasteiger partial charge in [0.05, 0.1) is 26.0 Å². The number of ether oxygens (including phenoxy) is 3. The van der Waals surface area contributed by atoms with Crippen LogP contribution in [0.4, 0.5) is 10.5 Å². The molecule has 1 aromatic rings. The second kappa shape index (κ2) is 7.05. The van der Waals surface area contributed by atoms with Crippen molar-refractivity contribution in [3.63, 3.8) is 0 Å². The quantitative estimate of drug-likeness (QED) is 0.713. The Labute approximate surface area is 158 Å². The maximum atomic E-state index is 12.2. The molecule has 9 heteroatoms. The van der Waals surface area contributed by atoms with Crippen molar-refractivity contribution in [1.82, 2.24) is 0 Å². The van der Waals surface area contributed by atoms with Crippen LogP contribution in [0.2, 0.25) is 0 Å². The second-order valence-electron chi connectivity index (χ2n) is 7.17. The molecule has 0 saturated carbocycles. The first-order valence-electron chi connectivity index (χ1n) is 9.06. The van der Waals surface area contributed by atoms with E-state index in [1.807, 2.05) is 18.2 Å². The molecule has 1 amide bonds. The summed E-state index contributed by atoms with van der Waals surface area (Å²) in [5.41, 5.74) is 3.15. The van der Waals surface area contributed by atoms with Crippen molar-refractivity contribution in [3.05, 3.63) is 29.3 Å². The predicted molar refractivity (Wildman–Crippen MR) is 96.1 cm³/mol. The van der Waals surface area contributed by atoms with Crippen LogP contribution in [0.5, 0.6) is 0 Å². The number of amides is 1. The Morgan fingerprint density at radius 2 is 1.89 bits per heavy atom. The van der Waals surface area contributed by atoms with Gasteiger partial charge in [-0.25, -0.2) is 4.79 Å². The lowest BCUT2D eigenvalue weighted by Crippen LogP contribution is -2.30. The third kappa shape index (κ3) is 4.11. The Hall–Kier alpha value is -1.68. The zero-order chi connectivity index (χ0) is 19.1. The van der Waals surface area contributed by atoms with Crippen molar-refractivity contribution in [1.29, 1.82) is 0 Å². The van der Waals surface area contributed by atoms with Crippen molar-refractivity contribution in [3.8, 4) is 0 Å². The van der Waals surface area contributed by atoms with E-state index in [0.29, 0.717) is 13.2 Å². The highest BCUT2D eigenvalue weighted by Crippen LogP contribution is 2.36. The number of cyclic esters (lactones) is 1. The maximum absolute atomic E-state index is 12.2. The van der Waals surface area contributed by atoms with Gasteiger partial charge in [-0.2, -0.15) is 8.42 Å². The van der Waals surface area contributed by atoms with E-state index in [1.165, 1.54) is 16.0 Å². The number of aryl methyl sites for hydroxylation is 2. The van der Waals surface area contributed by atoms with Crippen molar-refractivity contribution in [2.75, 3.05) is 37.5 Å². The van der Waals surface area contributed by atoms with E-state index in [9.17, 15) is 13.2 Å². The monoisotopic (exact) mass is 397 g/mol. The highest BCUT2D eigenvalue weighted by molar-refractivity contribution is 7.85. The zero-order valence-corrected chi connectivity index (χ0v) is 16.0. The van der Waals surface area contributed by atoms with Crippen LogP contribution in [0.15, 0.2) is 18.2 Å². The average molecular weight is 397 g/mol. The Morgan fingerprint density at radius 3 is 2.59 bits per heavy atom. The van der Waals surface area contributed by atoms with Crippen LogP contribution >= 0.6 is 0 Å². The van der Waals surface area contributed by atoms with Gasteiger partial charge in [-0.3, -0.25) is 9.08 Å². The molecule has 2 saturated heterocycles. The summed E-state index contributed by atoms with van der Waals surface area (Å²) >= 11 is 0. The highest BCUT2D eigenvalue weighted by atomic mass is 32.2. The summed E-state index contributed by atoms with van der Waals surface area (Å²) in [6, 6.07) is 5.94. The largest absolute Gasteiger partial charge is 0.441 e. The van der Waals surface area contributed by atoms with Crippen LogP contribution in [0.25, 0.3) is 0 Å². The smallest absolute Gasteiger partial charge is 0.414 e. The molecule has 0 bridgehead atoms. The molecular weight excluding hydrogens is 374 g/mol. The summed E-state index contributed by atoms with van der Waals surface area (Å²) in [4.78, 5) is 13.7. The number of rotatable bonds is 4. The molecule has 0 aromatic heterocycles. The van der Waals surface area contributed by atoms with Crippen LogP contribution < -0.4 is 4.90 Å². The standard InChI is InChI=1S/C18H23NO7S/c1-27(21,22)25-12-16-11-19(17(20)26-16)15-3-2-13-4-6-18(23-8-9-24-18)7-5-14(13)10-15/h2-3,10,16H,4-9,11-12H2,1H3/t16-/m1/s1. The Kier molecular flexibility index (Phi) is 4.87.